The fourth-order valence-electron chi connectivity index (χ4n) is 0.147. The summed E-state index contributed by atoms with van der Waals surface area (Å²) in [7, 11) is -3.79. The van der Waals surface area contributed by atoms with E-state index in [1.54, 1.807) is 0 Å². The van der Waals surface area contributed by atoms with Crippen molar-refractivity contribution < 1.29 is 13.2 Å². The molecule has 0 amide bonds. The molecule has 0 aliphatic heterocycles. The van der Waals surface area contributed by atoms with Crippen LogP contribution in [0.5, 0.6) is 0 Å². The van der Waals surface area contributed by atoms with Crippen LogP contribution in [0.1, 0.15) is 0 Å². The molecule has 0 aliphatic carbocycles. The van der Waals surface area contributed by atoms with Crippen LogP contribution in [0.4, 0.5) is 0 Å². The quantitative estimate of drug-likeness (QED) is 0.441. The maximum Gasteiger partial charge on any atom is 0.286 e. The zero-order valence-corrected chi connectivity index (χ0v) is 5.69. The number of carbonyl (C=O) groups excluding carboxylic acids is 1. The van der Waals surface area contributed by atoms with E-state index in [1.807, 2.05) is 0 Å². The van der Waals surface area contributed by atoms with Gasteiger partial charge in [-0.3, -0.25) is 0 Å². The Labute approximate surface area is 56.9 Å². The molecule has 0 radical (unpaired) electrons. The predicted octanol–water partition coefficient (Wildman–Crippen LogP) is 0.362. The molecule has 0 N–H and O–H groups in total. The molecule has 0 fully saturated rings. The van der Waals surface area contributed by atoms with Crippen molar-refractivity contribution in [1.29, 1.82) is 0 Å². The van der Waals surface area contributed by atoms with Crippen LogP contribution in [0.15, 0.2) is 15.3 Å². The lowest BCUT2D eigenvalue weighted by molar-refractivity contribution is 0.564. The van der Waals surface area contributed by atoms with Crippen molar-refractivity contribution >= 4 is 27.7 Å². The van der Waals surface area contributed by atoms with E-state index in [1.165, 1.54) is 0 Å². The second kappa shape index (κ2) is 3.40. The van der Waals surface area contributed by atoms with Crippen LogP contribution in [-0.2, 0) is 14.8 Å². The van der Waals surface area contributed by atoms with Gasteiger partial charge in [0.2, 0.25) is 0 Å². The molecule has 9 heavy (non-hydrogen) atoms. The van der Waals surface area contributed by atoms with Gasteiger partial charge >= 0.3 is 0 Å². The molecule has 0 aliphatic rings. The van der Waals surface area contributed by atoms with Crippen LogP contribution in [0.2, 0.25) is 0 Å². The Balaban J connectivity index is 4.62. The van der Waals surface area contributed by atoms with Crippen molar-refractivity contribution in [3.63, 3.8) is 0 Å². The third-order valence-electron chi connectivity index (χ3n) is 0.388. The maximum atomic E-state index is 10.2. The standard InChI is InChI=1S/C3H2ClNO3S/c4-1-2-9(7,8)5-3-6/h1-2H. The molecule has 0 saturated carbocycles. The number of sulfonamides is 1. The highest BCUT2D eigenvalue weighted by Gasteiger charge is 1.97. The molecule has 6 heteroatoms. The Morgan fingerprint density at radius 2 is 2.11 bits per heavy atom. The Kier molecular flexibility index (Phi) is 3.16. The largest absolute Gasteiger partial charge is 0.286 e. The predicted molar refractivity (Wildman–Crippen MR) is 32.0 cm³/mol. The van der Waals surface area contributed by atoms with Gasteiger partial charge in [0.05, 0.1) is 5.41 Å². The molecule has 50 valence electrons. The van der Waals surface area contributed by atoms with Crippen LogP contribution in [0.3, 0.4) is 0 Å². The molecule has 0 heterocycles. The monoisotopic (exact) mass is 167 g/mol. The van der Waals surface area contributed by atoms with E-state index >= 15 is 0 Å². The van der Waals surface area contributed by atoms with Gasteiger partial charge in [-0.25, -0.2) is 4.79 Å². The Bertz CT molecular complexity index is 248. The molecule has 0 aromatic rings. The number of hydrogen-bond donors (Lipinski definition) is 0. The summed E-state index contributed by atoms with van der Waals surface area (Å²) in [5.74, 6) is 0. The van der Waals surface area contributed by atoms with Crippen molar-refractivity contribution in [2.24, 2.45) is 4.40 Å². The minimum absolute atomic E-state index is 0.583. The molecule has 0 saturated heterocycles. The minimum atomic E-state index is -3.79. The molecule has 0 bridgehead atoms. The van der Waals surface area contributed by atoms with E-state index in [-0.39, 0.29) is 0 Å². The summed E-state index contributed by atoms with van der Waals surface area (Å²) >= 11 is 4.87. The Morgan fingerprint density at radius 1 is 1.56 bits per heavy atom. The van der Waals surface area contributed by atoms with Crippen LogP contribution < -0.4 is 0 Å². The summed E-state index contributed by atoms with van der Waals surface area (Å²) in [6, 6.07) is 0. The van der Waals surface area contributed by atoms with Crippen molar-refractivity contribution in [3.05, 3.63) is 10.9 Å². The third kappa shape index (κ3) is 3.90. The average Bonchev–Trinajstić information content (AvgIpc) is 1.64. The molecule has 0 unspecified atom stereocenters. The Hall–Kier alpha value is -0.640. The first-order chi connectivity index (χ1) is 4.12. The summed E-state index contributed by atoms with van der Waals surface area (Å²) in [5.41, 5.74) is 0.746. The highest BCUT2D eigenvalue weighted by Crippen LogP contribution is 1.92. The molecular weight excluding hydrogens is 166 g/mol. The van der Waals surface area contributed by atoms with E-state index in [9.17, 15) is 13.2 Å². The third-order valence-corrected chi connectivity index (χ3v) is 1.47. The lowest BCUT2D eigenvalue weighted by atomic mass is 11.3. The summed E-state index contributed by atoms with van der Waals surface area (Å²) in [6.07, 6.45) is 0.870. The van der Waals surface area contributed by atoms with Crippen LogP contribution in [0.25, 0.3) is 0 Å². The fraction of sp³-hybridized carbons (Fsp3) is 0. The number of hydrogen-bond acceptors (Lipinski definition) is 3. The first-order valence-corrected chi connectivity index (χ1v) is 3.67. The summed E-state index contributed by atoms with van der Waals surface area (Å²) < 4.78 is 22.9. The van der Waals surface area contributed by atoms with Crippen LogP contribution in [0, 0.1) is 0 Å². The molecule has 0 rings (SSSR count). The molecule has 0 aromatic heterocycles. The number of rotatable bonds is 2. The molecule has 0 spiro atoms. The highest BCUT2D eigenvalue weighted by molar-refractivity contribution is 7.93. The van der Waals surface area contributed by atoms with Crippen LogP contribution >= 0.6 is 11.6 Å². The van der Waals surface area contributed by atoms with E-state index < -0.39 is 10.0 Å². The molecule has 0 atom stereocenters. The van der Waals surface area contributed by atoms with Crippen LogP contribution in [-0.4, -0.2) is 14.5 Å². The Morgan fingerprint density at radius 3 is 2.44 bits per heavy atom. The summed E-state index contributed by atoms with van der Waals surface area (Å²) in [6.45, 7) is 0. The smallest absolute Gasteiger partial charge is 0.210 e. The molecule has 4 nitrogen and oxygen atoms in total. The molecule has 0 aromatic carbocycles. The van der Waals surface area contributed by atoms with Crippen molar-refractivity contribution in [2.45, 2.75) is 0 Å². The lowest BCUT2D eigenvalue weighted by Gasteiger charge is -1.77. The zero-order valence-electron chi connectivity index (χ0n) is 4.11. The number of halogens is 1. The van der Waals surface area contributed by atoms with Gasteiger partial charge in [-0.15, -0.1) is 0 Å². The first-order valence-electron chi connectivity index (χ1n) is 1.73. The highest BCUT2D eigenvalue weighted by atomic mass is 35.5. The summed E-state index contributed by atoms with van der Waals surface area (Å²) in [4.78, 5) is 9.35. The van der Waals surface area contributed by atoms with Crippen molar-refractivity contribution in [1.82, 2.24) is 0 Å². The second-order valence-electron chi connectivity index (χ2n) is 0.960. The van der Waals surface area contributed by atoms with Gasteiger partial charge in [0.25, 0.3) is 16.1 Å². The number of nitrogens with zero attached hydrogens (tertiary/aromatic N) is 1. The molecular formula is C3H2ClNO3S. The van der Waals surface area contributed by atoms with Gasteiger partial charge < -0.3 is 0 Å². The van der Waals surface area contributed by atoms with E-state index in [2.05, 4.69) is 4.40 Å². The van der Waals surface area contributed by atoms with Gasteiger partial charge in [-0.05, 0) is 0 Å². The van der Waals surface area contributed by atoms with E-state index in [0.717, 1.165) is 11.6 Å². The minimum Gasteiger partial charge on any atom is -0.210 e. The van der Waals surface area contributed by atoms with Gasteiger partial charge in [0, 0.05) is 5.54 Å². The van der Waals surface area contributed by atoms with Gasteiger partial charge in [0.15, 0.2) is 0 Å². The van der Waals surface area contributed by atoms with E-state index in [0.29, 0.717) is 5.41 Å². The van der Waals surface area contributed by atoms with E-state index in [4.69, 9.17) is 11.6 Å². The second-order valence-corrected chi connectivity index (χ2v) is 2.70. The zero-order chi connectivity index (χ0) is 7.33. The maximum absolute atomic E-state index is 10.2. The topological polar surface area (TPSA) is 63.6 Å². The normalized spacial score (nSPS) is 11.2. The lowest BCUT2D eigenvalue weighted by Crippen LogP contribution is -1.85. The average molecular weight is 168 g/mol. The van der Waals surface area contributed by atoms with Gasteiger partial charge in [0.1, 0.15) is 0 Å². The van der Waals surface area contributed by atoms with Crippen molar-refractivity contribution in [2.75, 3.05) is 0 Å². The van der Waals surface area contributed by atoms with Gasteiger partial charge in [-0.2, -0.15) is 8.42 Å². The van der Waals surface area contributed by atoms with Gasteiger partial charge in [-0.1, -0.05) is 16.0 Å². The van der Waals surface area contributed by atoms with Crippen molar-refractivity contribution in [3.8, 4) is 0 Å². The fourth-order valence-corrected chi connectivity index (χ4v) is 0.832. The summed E-state index contributed by atoms with van der Waals surface area (Å²) in [5, 5.41) is 0.583. The number of isocyanates is 1. The first kappa shape index (κ1) is 8.36. The SMILES string of the molecule is O=C=NS(=O)(=O)C=CCl.